The van der Waals surface area contributed by atoms with Gasteiger partial charge in [0, 0.05) is 12.6 Å². The number of rotatable bonds is 4. The molecule has 0 saturated heterocycles. The highest BCUT2D eigenvalue weighted by Crippen LogP contribution is 2.29. The zero-order valence-corrected chi connectivity index (χ0v) is 8.92. The maximum Gasteiger partial charge on any atom is 0.0556 e. The van der Waals surface area contributed by atoms with Crippen LogP contribution in [0, 0.1) is 11.8 Å². The number of nitrogens with one attached hydrogen (secondary N) is 1. The number of aliphatic hydroxyl groups is 1. The van der Waals surface area contributed by atoms with Crippen LogP contribution in [0.5, 0.6) is 0 Å². The van der Waals surface area contributed by atoms with Gasteiger partial charge in [0.05, 0.1) is 6.61 Å². The summed E-state index contributed by atoms with van der Waals surface area (Å²) in [6.07, 6.45) is 5.35. The lowest BCUT2D eigenvalue weighted by Gasteiger charge is -2.32. The predicted molar refractivity (Wildman–Crippen MR) is 55.7 cm³/mol. The van der Waals surface area contributed by atoms with Crippen LogP contribution in [-0.4, -0.2) is 24.3 Å². The molecule has 2 unspecified atom stereocenters. The van der Waals surface area contributed by atoms with E-state index in [-0.39, 0.29) is 6.61 Å². The van der Waals surface area contributed by atoms with E-state index in [1.165, 1.54) is 25.7 Å². The second-order valence-electron chi connectivity index (χ2n) is 4.55. The van der Waals surface area contributed by atoms with Crippen LogP contribution in [0.25, 0.3) is 0 Å². The van der Waals surface area contributed by atoms with Crippen LogP contribution in [-0.2, 0) is 0 Å². The Kier molecular flexibility index (Phi) is 4.74. The molecule has 1 rings (SSSR count). The minimum absolute atomic E-state index is 0.267. The fourth-order valence-electron chi connectivity index (χ4n) is 2.29. The van der Waals surface area contributed by atoms with Gasteiger partial charge >= 0.3 is 0 Å². The van der Waals surface area contributed by atoms with Crippen LogP contribution in [0.3, 0.4) is 0 Å². The molecule has 2 atom stereocenters. The quantitative estimate of drug-likeness (QED) is 0.700. The van der Waals surface area contributed by atoms with Gasteiger partial charge < -0.3 is 10.4 Å². The number of hydrogen-bond donors (Lipinski definition) is 2. The Bertz CT molecular complexity index is 136. The Hall–Kier alpha value is -0.0800. The Labute approximate surface area is 81.7 Å². The Morgan fingerprint density at radius 3 is 2.77 bits per heavy atom. The average Bonchev–Trinajstić information content (AvgIpc) is 2.15. The Balaban J connectivity index is 2.25. The maximum absolute atomic E-state index is 8.71. The summed E-state index contributed by atoms with van der Waals surface area (Å²) in [6, 6.07) is 0.660. The van der Waals surface area contributed by atoms with Crippen LogP contribution < -0.4 is 5.32 Å². The Morgan fingerprint density at radius 1 is 1.38 bits per heavy atom. The SMILES string of the molecule is CC(C)C1CCCC(NCCO)C1. The highest BCUT2D eigenvalue weighted by Gasteiger charge is 2.23. The molecule has 0 bridgehead atoms. The molecule has 13 heavy (non-hydrogen) atoms. The van der Waals surface area contributed by atoms with Crippen molar-refractivity contribution in [1.82, 2.24) is 5.32 Å². The van der Waals surface area contributed by atoms with Gasteiger partial charge in [-0.15, -0.1) is 0 Å². The van der Waals surface area contributed by atoms with Gasteiger partial charge in [0.25, 0.3) is 0 Å². The van der Waals surface area contributed by atoms with Crippen molar-refractivity contribution in [2.45, 2.75) is 45.6 Å². The topological polar surface area (TPSA) is 32.3 Å². The summed E-state index contributed by atoms with van der Waals surface area (Å²) in [6.45, 7) is 5.66. The lowest BCUT2D eigenvalue weighted by atomic mass is 9.79. The summed E-state index contributed by atoms with van der Waals surface area (Å²) < 4.78 is 0. The summed E-state index contributed by atoms with van der Waals surface area (Å²) in [5.74, 6) is 1.71. The van der Waals surface area contributed by atoms with Gasteiger partial charge in [-0.05, 0) is 24.7 Å². The van der Waals surface area contributed by atoms with Gasteiger partial charge in [-0.3, -0.25) is 0 Å². The predicted octanol–water partition coefficient (Wildman–Crippen LogP) is 1.78. The van der Waals surface area contributed by atoms with E-state index in [0.29, 0.717) is 6.04 Å². The van der Waals surface area contributed by atoms with E-state index in [0.717, 1.165) is 18.4 Å². The van der Waals surface area contributed by atoms with Crippen LogP contribution in [0.4, 0.5) is 0 Å². The van der Waals surface area contributed by atoms with Crippen molar-refractivity contribution >= 4 is 0 Å². The molecule has 1 fully saturated rings. The van der Waals surface area contributed by atoms with Crippen molar-refractivity contribution in [3.05, 3.63) is 0 Å². The van der Waals surface area contributed by atoms with E-state index in [9.17, 15) is 0 Å². The van der Waals surface area contributed by atoms with E-state index >= 15 is 0 Å². The fourth-order valence-corrected chi connectivity index (χ4v) is 2.29. The minimum atomic E-state index is 0.267. The average molecular weight is 185 g/mol. The molecule has 0 amide bonds. The molecule has 0 heterocycles. The molecule has 2 N–H and O–H groups in total. The van der Waals surface area contributed by atoms with Gasteiger partial charge in [0.2, 0.25) is 0 Å². The fraction of sp³-hybridized carbons (Fsp3) is 1.00. The summed E-state index contributed by atoms with van der Waals surface area (Å²) in [7, 11) is 0. The smallest absolute Gasteiger partial charge is 0.0556 e. The summed E-state index contributed by atoms with van der Waals surface area (Å²) in [5, 5.41) is 12.1. The van der Waals surface area contributed by atoms with E-state index in [1.54, 1.807) is 0 Å². The lowest BCUT2D eigenvalue weighted by Crippen LogP contribution is -2.36. The molecule has 2 heteroatoms. The second kappa shape index (κ2) is 5.61. The van der Waals surface area contributed by atoms with Crippen LogP contribution in [0.1, 0.15) is 39.5 Å². The molecule has 0 spiro atoms. The van der Waals surface area contributed by atoms with E-state index in [1.807, 2.05) is 0 Å². The van der Waals surface area contributed by atoms with Gasteiger partial charge in [0.15, 0.2) is 0 Å². The van der Waals surface area contributed by atoms with Crippen molar-refractivity contribution in [2.24, 2.45) is 11.8 Å². The zero-order chi connectivity index (χ0) is 9.68. The standard InChI is InChI=1S/C11H23NO/c1-9(2)10-4-3-5-11(8-10)12-6-7-13/h9-13H,3-8H2,1-2H3. The molecular weight excluding hydrogens is 162 g/mol. The lowest BCUT2D eigenvalue weighted by molar-refractivity contribution is 0.217. The minimum Gasteiger partial charge on any atom is -0.395 e. The molecule has 0 aromatic heterocycles. The van der Waals surface area contributed by atoms with Crippen LogP contribution in [0.2, 0.25) is 0 Å². The highest BCUT2D eigenvalue weighted by atomic mass is 16.3. The molecule has 1 aliphatic rings. The van der Waals surface area contributed by atoms with Crippen molar-refractivity contribution < 1.29 is 5.11 Å². The zero-order valence-electron chi connectivity index (χ0n) is 8.92. The third-order valence-corrected chi connectivity index (χ3v) is 3.20. The monoisotopic (exact) mass is 185 g/mol. The molecule has 0 aliphatic heterocycles. The maximum atomic E-state index is 8.71. The molecule has 1 aliphatic carbocycles. The first kappa shape index (κ1) is 11.0. The summed E-state index contributed by atoms with van der Waals surface area (Å²) >= 11 is 0. The first-order valence-electron chi connectivity index (χ1n) is 5.58. The van der Waals surface area contributed by atoms with E-state index in [2.05, 4.69) is 19.2 Å². The summed E-state index contributed by atoms with van der Waals surface area (Å²) in [4.78, 5) is 0. The molecule has 0 aromatic carbocycles. The Morgan fingerprint density at radius 2 is 2.15 bits per heavy atom. The van der Waals surface area contributed by atoms with E-state index < -0.39 is 0 Å². The van der Waals surface area contributed by atoms with Gasteiger partial charge in [-0.25, -0.2) is 0 Å². The van der Waals surface area contributed by atoms with Gasteiger partial charge in [-0.2, -0.15) is 0 Å². The number of aliphatic hydroxyl groups excluding tert-OH is 1. The third-order valence-electron chi connectivity index (χ3n) is 3.20. The normalized spacial score (nSPS) is 29.5. The molecule has 78 valence electrons. The molecule has 1 saturated carbocycles. The highest BCUT2D eigenvalue weighted by molar-refractivity contribution is 4.79. The first-order valence-corrected chi connectivity index (χ1v) is 5.58. The van der Waals surface area contributed by atoms with Gasteiger partial charge in [-0.1, -0.05) is 26.7 Å². The van der Waals surface area contributed by atoms with Gasteiger partial charge in [0.1, 0.15) is 0 Å². The molecule has 0 aromatic rings. The largest absolute Gasteiger partial charge is 0.395 e. The number of hydrogen-bond acceptors (Lipinski definition) is 2. The third kappa shape index (κ3) is 3.65. The first-order chi connectivity index (χ1) is 6.24. The molecule has 0 radical (unpaired) electrons. The second-order valence-corrected chi connectivity index (χ2v) is 4.55. The van der Waals surface area contributed by atoms with Crippen LogP contribution in [0.15, 0.2) is 0 Å². The van der Waals surface area contributed by atoms with Crippen molar-refractivity contribution in [1.29, 1.82) is 0 Å². The van der Waals surface area contributed by atoms with Crippen molar-refractivity contribution in [3.8, 4) is 0 Å². The molecular formula is C11H23NO. The van der Waals surface area contributed by atoms with Crippen molar-refractivity contribution in [2.75, 3.05) is 13.2 Å². The van der Waals surface area contributed by atoms with Crippen LogP contribution >= 0.6 is 0 Å². The van der Waals surface area contributed by atoms with E-state index in [4.69, 9.17) is 5.11 Å². The molecule has 2 nitrogen and oxygen atoms in total. The summed E-state index contributed by atoms with van der Waals surface area (Å²) in [5.41, 5.74) is 0. The van der Waals surface area contributed by atoms with Crippen molar-refractivity contribution in [3.63, 3.8) is 0 Å².